The zero-order valence-corrected chi connectivity index (χ0v) is 20.4. The van der Waals surface area contributed by atoms with Gasteiger partial charge in [0, 0.05) is 39.4 Å². The second-order valence-electron chi connectivity index (χ2n) is 9.10. The molecule has 0 bridgehead atoms. The maximum absolute atomic E-state index is 12.6. The van der Waals surface area contributed by atoms with Gasteiger partial charge in [-0.2, -0.15) is 10.1 Å². The largest absolute Gasteiger partial charge is 0.465 e. The minimum Gasteiger partial charge on any atom is -0.465 e. The minimum absolute atomic E-state index is 0.0717. The van der Waals surface area contributed by atoms with Crippen molar-refractivity contribution in [3.8, 4) is 0 Å². The van der Waals surface area contributed by atoms with Crippen molar-refractivity contribution in [2.24, 2.45) is 7.05 Å². The molecule has 12 heteroatoms. The Hall–Kier alpha value is -3.70. The fourth-order valence-corrected chi connectivity index (χ4v) is 3.65. The summed E-state index contributed by atoms with van der Waals surface area (Å²) in [5.41, 5.74) is -0.188. The monoisotopic (exact) mass is 473 g/mol. The second kappa shape index (κ2) is 10.1. The number of aldehydes is 1. The van der Waals surface area contributed by atoms with Gasteiger partial charge in [-0.3, -0.25) is 9.48 Å². The lowest BCUT2D eigenvalue weighted by molar-refractivity contribution is 0.0198. The zero-order chi connectivity index (χ0) is 25.0. The summed E-state index contributed by atoms with van der Waals surface area (Å²) >= 11 is 0. The summed E-state index contributed by atoms with van der Waals surface area (Å²) in [6.45, 7) is 6.48. The number of likely N-dealkylation sites (N-methyl/N-ethyl adjacent to an activating group) is 1. The second-order valence-corrected chi connectivity index (χ2v) is 9.10. The van der Waals surface area contributed by atoms with E-state index in [0.29, 0.717) is 25.1 Å². The van der Waals surface area contributed by atoms with Crippen LogP contribution in [0.25, 0.3) is 0 Å². The van der Waals surface area contributed by atoms with E-state index < -0.39 is 11.6 Å². The number of aromatic nitrogens is 4. The van der Waals surface area contributed by atoms with Crippen LogP contribution < -0.4 is 10.2 Å². The molecule has 2 aromatic rings. The van der Waals surface area contributed by atoms with E-state index in [9.17, 15) is 14.4 Å². The molecule has 1 atom stereocenters. The number of methoxy groups -OCH3 is 1. The summed E-state index contributed by atoms with van der Waals surface area (Å²) in [5, 5.41) is 7.13. The highest BCUT2D eigenvalue weighted by molar-refractivity contribution is 6.02. The first kappa shape index (κ1) is 24.9. The van der Waals surface area contributed by atoms with Gasteiger partial charge in [0.2, 0.25) is 5.95 Å². The lowest BCUT2D eigenvalue weighted by Crippen LogP contribution is -2.50. The van der Waals surface area contributed by atoms with Gasteiger partial charge >= 0.3 is 12.1 Å². The summed E-state index contributed by atoms with van der Waals surface area (Å²) in [6, 6.07) is -0.115. The molecule has 34 heavy (non-hydrogen) atoms. The van der Waals surface area contributed by atoms with Crippen molar-refractivity contribution < 1.29 is 23.9 Å². The number of amides is 1. The summed E-state index contributed by atoms with van der Waals surface area (Å²) in [6.07, 6.45) is 4.95. The van der Waals surface area contributed by atoms with Crippen molar-refractivity contribution in [3.63, 3.8) is 0 Å². The smallest absolute Gasteiger partial charge is 0.410 e. The first-order valence-electron chi connectivity index (χ1n) is 10.9. The van der Waals surface area contributed by atoms with Gasteiger partial charge in [0.15, 0.2) is 12.1 Å². The molecule has 0 spiro atoms. The Balaban J connectivity index is 1.92. The van der Waals surface area contributed by atoms with Gasteiger partial charge in [-0.1, -0.05) is 0 Å². The molecule has 0 aliphatic carbocycles. The Labute approximate surface area is 198 Å². The van der Waals surface area contributed by atoms with Crippen molar-refractivity contribution in [2.75, 3.05) is 37.5 Å². The number of carbonyl (C=O) groups is 3. The number of aryl methyl sites for hydroxylation is 1. The molecule has 12 nitrogen and oxygen atoms in total. The number of hydrogen-bond donors (Lipinski definition) is 1. The Kier molecular flexibility index (Phi) is 7.38. The van der Waals surface area contributed by atoms with Gasteiger partial charge in [-0.15, -0.1) is 0 Å². The van der Waals surface area contributed by atoms with E-state index in [-0.39, 0.29) is 35.2 Å². The number of esters is 1. The maximum atomic E-state index is 12.6. The average Bonchev–Trinajstić information content (AvgIpc) is 3.20. The third-order valence-corrected chi connectivity index (χ3v) is 5.31. The van der Waals surface area contributed by atoms with E-state index in [0.717, 1.165) is 12.8 Å². The predicted octanol–water partition coefficient (Wildman–Crippen LogP) is 2.39. The third-order valence-electron chi connectivity index (χ3n) is 5.31. The summed E-state index contributed by atoms with van der Waals surface area (Å²) in [5.74, 6) is -0.382. The molecule has 0 aromatic carbocycles. The number of nitrogens with zero attached hydrogens (tertiary/aromatic N) is 6. The minimum atomic E-state index is -0.739. The number of anilines is 3. The molecule has 1 N–H and O–H groups in total. The molecule has 184 valence electrons. The predicted molar refractivity (Wildman–Crippen MR) is 124 cm³/mol. The number of ether oxygens (including phenoxy) is 2. The Bertz CT molecular complexity index is 1060. The topological polar surface area (TPSA) is 132 Å². The van der Waals surface area contributed by atoms with E-state index in [1.54, 1.807) is 41.0 Å². The molecule has 3 rings (SSSR count). The van der Waals surface area contributed by atoms with E-state index in [1.165, 1.54) is 7.11 Å². The van der Waals surface area contributed by atoms with Crippen molar-refractivity contribution in [1.82, 2.24) is 24.6 Å². The van der Waals surface area contributed by atoms with Gasteiger partial charge in [0.05, 0.1) is 19.0 Å². The molecule has 1 aliphatic rings. The van der Waals surface area contributed by atoms with Crippen LogP contribution in [0.1, 0.15) is 54.5 Å². The van der Waals surface area contributed by atoms with Gasteiger partial charge in [0.1, 0.15) is 16.9 Å². The number of nitrogens with one attached hydrogen (secondary N) is 1. The molecule has 0 radical (unpaired) electrons. The molecule has 1 amide bonds. The fraction of sp³-hybridized carbons (Fsp3) is 0.545. The van der Waals surface area contributed by atoms with E-state index in [4.69, 9.17) is 9.47 Å². The lowest BCUT2D eigenvalue weighted by atomic mass is 10.1. The summed E-state index contributed by atoms with van der Waals surface area (Å²) in [4.78, 5) is 49.2. The molecule has 1 aliphatic heterocycles. The van der Waals surface area contributed by atoms with E-state index in [1.807, 2.05) is 20.8 Å². The van der Waals surface area contributed by atoms with Crippen molar-refractivity contribution in [1.29, 1.82) is 0 Å². The van der Waals surface area contributed by atoms with Crippen LogP contribution in [-0.4, -0.2) is 81.9 Å². The Morgan fingerprint density at radius 3 is 2.62 bits per heavy atom. The number of rotatable bonds is 6. The Morgan fingerprint density at radius 1 is 1.29 bits per heavy atom. The van der Waals surface area contributed by atoms with Gasteiger partial charge in [-0.05, 0) is 33.6 Å². The number of carbonyl (C=O) groups excluding carboxylic acids is 3. The fourth-order valence-electron chi connectivity index (χ4n) is 3.65. The molecule has 3 heterocycles. The molecular weight excluding hydrogens is 442 g/mol. The van der Waals surface area contributed by atoms with Gasteiger partial charge in [-0.25, -0.2) is 14.6 Å². The quantitative estimate of drug-likeness (QED) is 0.493. The summed E-state index contributed by atoms with van der Waals surface area (Å²) in [7, 11) is 4.76. The van der Waals surface area contributed by atoms with Crippen molar-refractivity contribution in [2.45, 2.75) is 45.3 Å². The van der Waals surface area contributed by atoms with E-state index in [2.05, 4.69) is 20.4 Å². The van der Waals surface area contributed by atoms with Crippen molar-refractivity contribution in [3.05, 3.63) is 23.7 Å². The van der Waals surface area contributed by atoms with Gasteiger partial charge < -0.3 is 24.6 Å². The maximum Gasteiger partial charge on any atom is 0.410 e. The standard InChI is InChI=1S/C22H31N7O5/c1-22(2,3)34-21(32)29-9-7-8-15(12-29)28(5)20-25-16(13-30)17(19(31)33-6)18(26-20)24-14-10-23-27(4)11-14/h10-11,13,15H,7-9,12H2,1-6H3,(H,24,25,26). The van der Waals surface area contributed by atoms with Crippen molar-refractivity contribution >= 4 is 35.8 Å². The van der Waals surface area contributed by atoms with Crippen LogP contribution in [0, 0.1) is 0 Å². The van der Waals surface area contributed by atoms with Crippen LogP contribution in [-0.2, 0) is 16.5 Å². The molecule has 0 saturated carbocycles. The average molecular weight is 474 g/mol. The van der Waals surface area contributed by atoms with Gasteiger partial charge in [0.25, 0.3) is 0 Å². The molecule has 1 fully saturated rings. The zero-order valence-electron chi connectivity index (χ0n) is 20.4. The highest BCUT2D eigenvalue weighted by atomic mass is 16.6. The number of likely N-dealkylation sites (tertiary alicyclic amines) is 1. The molecule has 2 aromatic heterocycles. The first-order chi connectivity index (χ1) is 16.0. The highest BCUT2D eigenvalue weighted by Gasteiger charge is 2.31. The first-order valence-corrected chi connectivity index (χ1v) is 10.9. The third kappa shape index (κ3) is 5.80. The van der Waals surface area contributed by atoms with Crippen LogP contribution in [0.3, 0.4) is 0 Å². The SMILES string of the molecule is COC(=O)c1c(C=O)nc(N(C)C2CCCN(C(=O)OC(C)(C)C)C2)nc1Nc1cnn(C)c1. The van der Waals surface area contributed by atoms with Crippen LogP contribution >= 0.6 is 0 Å². The van der Waals surface area contributed by atoms with Crippen LogP contribution in [0.15, 0.2) is 12.4 Å². The number of hydrogen-bond acceptors (Lipinski definition) is 10. The van der Waals surface area contributed by atoms with E-state index >= 15 is 0 Å². The normalized spacial score (nSPS) is 16.1. The molecular formula is C22H31N7O5. The Morgan fingerprint density at radius 2 is 2.03 bits per heavy atom. The summed E-state index contributed by atoms with van der Waals surface area (Å²) < 4.78 is 11.9. The highest BCUT2D eigenvalue weighted by Crippen LogP contribution is 2.26. The van der Waals surface area contributed by atoms with Crippen LogP contribution in [0.4, 0.5) is 22.2 Å². The number of piperidine rings is 1. The lowest BCUT2D eigenvalue weighted by Gasteiger charge is -2.38. The van der Waals surface area contributed by atoms with Crippen LogP contribution in [0.5, 0.6) is 0 Å². The molecule has 1 unspecified atom stereocenters. The molecule has 1 saturated heterocycles. The van der Waals surface area contributed by atoms with Crippen LogP contribution in [0.2, 0.25) is 0 Å².